The topological polar surface area (TPSA) is 70.4 Å². The molecule has 0 spiro atoms. The van der Waals surface area contributed by atoms with E-state index < -0.39 is 0 Å². The van der Waals surface area contributed by atoms with E-state index in [-0.39, 0.29) is 24.0 Å². The Morgan fingerprint density at radius 2 is 1.76 bits per heavy atom. The predicted molar refractivity (Wildman–Crippen MR) is 126 cm³/mol. The third-order valence-corrected chi connectivity index (χ3v) is 5.49. The highest BCUT2D eigenvalue weighted by atomic mass is 127. The number of aryl methyl sites for hydroxylation is 1. The van der Waals surface area contributed by atoms with Crippen molar-refractivity contribution in [3.05, 3.63) is 47.0 Å². The third kappa shape index (κ3) is 5.91. The van der Waals surface area contributed by atoms with E-state index in [0.717, 1.165) is 43.7 Å². The Bertz CT molecular complexity index is 794. The lowest BCUT2D eigenvalue weighted by Gasteiger charge is -2.14. The maximum absolute atomic E-state index is 4.74. The first kappa shape index (κ1) is 22.0. The van der Waals surface area contributed by atoms with E-state index in [9.17, 15) is 0 Å². The van der Waals surface area contributed by atoms with Gasteiger partial charge in [0.25, 0.3) is 0 Å². The summed E-state index contributed by atoms with van der Waals surface area (Å²) in [6.45, 7) is 8.79. The number of aromatic nitrogens is 3. The molecule has 2 aliphatic heterocycles. The fourth-order valence-corrected chi connectivity index (χ4v) is 3.97. The van der Waals surface area contributed by atoms with E-state index in [1.54, 1.807) is 0 Å². The standard InChI is InChI=1S/C21H31N7.HI/c1-2-22-21(24-15-20-26-25-19-6-5-13-28(19)20)23-14-17-7-9-18(10-8-17)16-27-11-3-4-12-27;/h7-10H,2-6,11-16H2,1H3,(H2,22,23,24);1H. The number of guanidine groups is 1. The smallest absolute Gasteiger partial charge is 0.191 e. The van der Waals surface area contributed by atoms with Gasteiger partial charge < -0.3 is 15.2 Å². The summed E-state index contributed by atoms with van der Waals surface area (Å²) < 4.78 is 2.22. The van der Waals surface area contributed by atoms with Crippen LogP contribution in [0.4, 0.5) is 0 Å². The normalized spacial score (nSPS) is 16.5. The first-order chi connectivity index (χ1) is 13.8. The van der Waals surface area contributed by atoms with Crippen molar-refractivity contribution in [3.63, 3.8) is 0 Å². The molecule has 1 aromatic heterocycles. The number of hydrogen-bond donors (Lipinski definition) is 2. The second-order valence-electron chi connectivity index (χ2n) is 7.64. The van der Waals surface area contributed by atoms with Gasteiger partial charge in [0.15, 0.2) is 11.8 Å². The molecule has 29 heavy (non-hydrogen) atoms. The summed E-state index contributed by atoms with van der Waals surface area (Å²) in [5.41, 5.74) is 2.62. The molecule has 0 saturated carbocycles. The van der Waals surface area contributed by atoms with Gasteiger partial charge in [-0.3, -0.25) is 4.90 Å². The van der Waals surface area contributed by atoms with Crippen molar-refractivity contribution in [2.45, 2.75) is 58.8 Å². The summed E-state index contributed by atoms with van der Waals surface area (Å²) >= 11 is 0. The van der Waals surface area contributed by atoms with E-state index in [1.807, 2.05) is 0 Å². The largest absolute Gasteiger partial charge is 0.357 e. The van der Waals surface area contributed by atoms with Crippen molar-refractivity contribution < 1.29 is 0 Å². The minimum Gasteiger partial charge on any atom is -0.357 e. The van der Waals surface area contributed by atoms with Crippen LogP contribution in [0.5, 0.6) is 0 Å². The molecule has 158 valence electrons. The molecule has 2 aliphatic rings. The Kier molecular flexibility index (Phi) is 8.29. The summed E-state index contributed by atoms with van der Waals surface area (Å²) in [6, 6.07) is 8.87. The van der Waals surface area contributed by atoms with Crippen LogP contribution >= 0.6 is 24.0 Å². The molecule has 3 heterocycles. The van der Waals surface area contributed by atoms with Crippen molar-refractivity contribution in [1.29, 1.82) is 0 Å². The average Bonchev–Trinajstić information content (AvgIpc) is 3.44. The number of likely N-dealkylation sites (tertiary alicyclic amines) is 1. The molecule has 1 fully saturated rings. The predicted octanol–water partition coefficient (Wildman–Crippen LogP) is 2.69. The number of halogens is 1. The quantitative estimate of drug-likeness (QED) is 0.341. The lowest BCUT2D eigenvalue weighted by Crippen LogP contribution is -2.37. The minimum absolute atomic E-state index is 0. The van der Waals surface area contributed by atoms with Gasteiger partial charge in [-0.25, -0.2) is 4.99 Å². The van der Waals surface area contributed by atoms with E-state index in [4.69, 9.17) is 4.99 Å². The van der Waals surface area contributed by atoms with Gasteiger partial charge >= 0.3 is 0 Å². The van der Waals surface area contributed by atoms with Crippen LogP contribution in [0, 0.1) is 0 Å². The number of hydrogen-bond acceptors (Lipinski definition) is 4. The van der Waals surface area contributed by atoms with Crippen LogP contribution in [0.3, 0.4) is 0 Å². The van der Waals surface area contributed by atoms with E-state index in [2.05, 4.69) is 61.5 Å². The van der Waals surface area contributed by atoms with Gasteiger partial charge in [-0.05, 0) is 50.4 Å². The molecule has 1 saturated heterocycles. The number of fused-ring (bicyclic) bond motifs is 1. The zero-order chi connectivity index (χ0) is 19.2. The molecule has 7 nitrogen and oxygen atoms in total. The zero-order valence-electron chi connectivity index (χ0n) is 17.2. The molecular weight excluding hydrogens is 477 g/mol. The molecule has 0 bridgehead atoms. The van der Waals surface area contributed by atoms with Gasteiger partial charge in [0.05, 0.1) is 13.1 Å². The van der Waals surface area contributed by atoms with Crippen molar-refractivity contribution in [2.24, 2.45) is 4.99 Å². The number of nitrogens with one attached hydrogen (secondary N) is 2. The summed E-state index contributed by atoms with van der Waals surface area (Å²) in [7, 11) is 0. The Labute approximate surface area is 190 Å². The third-order valence-electron chi connectivity index (χ3n) is 5.49. The molecule has 0 radical (unpaired) electrons. The average molecular weight is 509 g/mol. The SMILES string of the molecule is CCNC(=NCc1ccc(CN2CCCC2)cc1)NCc1nnc2n1CCC2.I. The maximum Gasteiger partial charge on any atom is 0.191 e. The zero-order valence-corrected chi connectivity index (χ0v) is 19.6. The van der Waals surface area contributed by atoms with Crippen molar-refractivity contribution in [1.82, 2.24) is 30.3 Å². The van der Waals surface area contributed by atoms with Crippen LogP contribution in [0.15, 0.2) is 29.3 Å². The molecule has 0 unspecified atom stereocenters. The van der Waals surface area contributed by atoms with Crippen LogP contribution in [-0.4, -0.2) is 45.3 Å². The van der Waals surface area contributed by atoms with Gasteiger partial charge in [-0.1, -0.05) is 24.3 Å². The highest BCUT2D eigenvalue weighted by Gasteiger charge is 2.17. The van der Waals surface area contributed by atoms with Gasteiger partial charge in [0.2, 0.25) is 0 Å². The highest BCUT2D eigenvalue weighted by molar-refractivity contribution is 14.0. The van der Waals surface area contributed by atoms with Gasteiger partial charge in [0, 0.05) is 26.1 Å². The van der Waals surface area contributed by atoms with Gasteiger partial charge in [-0.2, -0.15) is 0 Å². The van der Waals surface area contributed by atoms with E-state index >= 15 is 0 Å². The summed E-state index contributed by atoms with van der Waals surface area (Å²) in [5.74, 6) is 2.91. The van der Waals surface area contributed by atoms with E-state index in [0.29, 0.717) is 13.1 Å². The van der Waals surface area contributed by atoms with Crippen LogP contribution in [0.25, 0.3) is 0 Å². The molecule has 0 amide bonds. The fourth-order valence-electron chi connectivity index (χ4n) is 3.97. The first-order valence-corrected chi connectivity index (χ1v) is 10.5. The summed E-state index contributed by atoms with van der Waals surface area (Å²) in [5, 5.41) is 15.3. The molecule has 0 aliphatic carbocycles. The maximum atomic E-state index is 4.74. The Morgan fingerprint density at radius 1 is 1.00 bits per heavy atom. The Balaban J connectivity index is 0.00000240. The molecule has 2 N–H and O–H groups in total. The van der Waals surface area contributed by atoms with Crippen LogP contribution < -0.4 is 10.6 Å². The number of aliphatic imine (C=N–C) groups is 1. The van der Waals surface area contributed by atoms with Gasteiger partial charge in [-0.15, -0.1) is 34.2 Å². The molecular formula is C21H32IN7. The van der Waals surface area contributed by atoms with Crippen molar-refractivity contribution in [2.75, 3.05) is 19.6 Å². The highest BCUT2D eigenvalue weighted by Crippen LogP contribution is 2.14. The van der Waals surface area contributed by atoms with Crippen molar-refractivity contribution >= 4 is 29.9 Å². The molecule has 0 atom stereocenters. The number of nitrogens with zero attached hydrogens (tertiary/aromatic N) is 5. The van der Waals surface area contributed by atoms with Crippen molar-refractivity contribution in [3.8, 4) is 0 Å². The minimum atomic E-state index is 0. The molecule has 4 rings (SSSR count). The molecule has 2 aromatic rings. The second kappa shape index (κ2) is 10.9. The van der Waals surface area contributed by atoms with Crippen LogP contribution in [-0.2, 0) is 32.6 Å². The van der Waals surface area contributed by atoms with Crippen LogP contribution in [0.2, 0.25) is 0 Å². The Morgan fingerprint density at radius 3 is 2.52 bits per heavy atom. The lowest BCUT2D eigenvalue weighted by molar-refractivity contribution is 0.331. The second-order valence-corrected chi connectivity index (χ2v) is 7.64. The summed E-state index contributed by atoms with van der Waals surface area (Å²) in [4.78, 5) is 7.27. The summed E-state index contributed by atoms with van der Waals surface area (Å²) in [6.07, 6.45) is 4.88. The fraction of sp³-hybridized carbons (Fsp3) is 0.571. The van der Waals surface area contributed by atoms with E-state index in [1.165, 1.54) is 43.5 Å². The number of rotatable bonds is 7. The first-order valence-electron chi connectivity index (χ1n) is 10.5. The molecule has 8 heteroatoms. The molecule has 1 aromatic carbocycles. The monoisotopic (exact) mass is 509 g/mol. The van der Waals surface area contributed by atoms with Gasteiger partial charge in [0.1, 0.15) is 5.82 Å². The number of benzene rings is 1. The Hall–Kier alpha value is -1.68. The lowest BCUT2D eigenvalue weighted by atomic mass is 10.1. The van der Waals surface area contributed by atoms with Crippen LogP contribution in [0.1, 0.15) is 49.0 Å².